The molecular formula is C21H28ClN3O2. The number of fused-ring (bicyclic) bond motifs is 1. The van der Waals surface area contributed by atoms with Crippen LogP contribution in [0, 0.1) is 11.8 Å². The molecule has 2 saturated heterocycles. The first kappa shape index (κ1) is 18.8. The zero-order valence-corrected chi connectivity index (χ0v) is 16.5. The molecular weight excluding hydrogens is 362 g/mol. The molecule has 3 atom stereocenters. The molecule has 0 radical (unpaired) electrons. The smallest absolute Gasteiger partial charge is 0.226 e. The predicted molar refractivity (Wildman–Crippen MR) is 105 cm³/mol. The van der Waals surface area contributed by atoms with Gasteiger partial charge in [-0.05, 0) is 36.5 Å². The van der Waals surface area contributed by atoms with E-state index in [4.69, 9.17) is 11.6 Å². The van der Waals surface area contributed by atoms with E-state index in [0.717, 1.165) is 57.0 Å². The van der Waals surface area contributed by atoms with Crippen molar-refractivity contribution in [3.05, 3.63) is 34.9 Å². The van der Waals surface area contributed by atoms with Gasteiger partial charge in [0.25, 0.3) is 0 Å². The molecule has 0 aromatic heterocycles. The summed E-state index contributed by atoms with van der Waals surface area (Å²) < 4.78 is 0. The first-order valence-electron chi connectivity index (χ1n) is 10.1. The van der Waals surface area contributed by atoms with Crippen LogP contribution in [0.4, 0.5) is 0 Å². The van der Waals surface area contributed by atoms with Crippen molar-refractivity contribution in [1.82, 2.24) is 15.1 Å². The maximum absolute atomic E-state index is 13.2. The molecule has 146 valence electrons. The zero-order valence-electron chi connectivity index (χ0n) is 15.7. The summed E-state index contributed by atoms with van der Waals surface area (Å²) >= 11 is 6.08. The summed E-state index contributed by atoms with van der Waals surface area (Å²) in [6.45, 7) is 4.08. The van der Waals surface area contributed by atoms with Gasteiger partial charge in [0.2, 0.25) is 11.8 Å². The van der Waals surface area contributed by atoms with Gasteiger partial charge >= 0.3 is 0 Å². The number of benzene rings is 1. The summed E-state index contributed by atoms with van der Waals surface area (Å²) in [6.07, 6.45) is 4.78. The maximum Gasteiger partial charge on any atom is 0.226 e. The number of carbonyl (C=O) groups is 2. The van der Waals surface area contributed by atoms with E-state index in [1.165, 1.54) is 12.0 Å². The molecule has 1 N–H and O–H groups in total. The summed E-state index contributed by atoms with van der Waals surface area (Å²) in [5, 5.41) is 3.88. The standard InChI is InChI=1S/C21H28ClN3O2/c22-16-5-3-4-15(12-16)14-24-8-10-25(11-9-24)21(27)18-13-20(26)23-19-7-2-1-6-17(18)19/h3-5,12,17-19H,1-2,6-11,13-14H2,(H,23,26). The van der Waals surface area contributed by atoms with Gasteiger partial charge in [-0.2, -0.15) is 0 Å². The molecule has 4 rings (SSSR count). The molecule has 1 aromatic rings. The number of halogens is 1. The third-order valence-electron chi connectivity index (χ3n) is 6.38. The van der Waals surface area contributed by atoms with Gasteiger partial charge in [0.1, 0.15) is 0 Å². The number of rotatable bonds is 3. The van der Waals surface area contributed by atoms with Crippen molar-refractivity contribution in [2.24, 2.45) is 11.8 Å². The highest BCUT2D eigenvalue weighted by Crippen LogP contribution is 2.36. The van der Waals surface area contributed by atoms with Crippen molar-refractivity contribution >= 4 is 23.4 Å². The van der Waals surface area contributed by atoms with Crippen molar-refractivity contribution in [3.8, 4) is 0 Å². The molecule has 1 aromatic carbocycles. The number of piperazine rings is 1. The highest BCUT2D eigenvalue weighted by molar-refractivity contribution is 6.30. The van der Waals surface area contributed by atoms with E-state index in [2.05, 4.69) is 16.3 Å². The van der Waals surface area contributed by atoms with Gasteiger partial charge in [0.05, 0.1) is 5.92 Å². The zero-order chi connectivity index (χ0) is 18.8. The second kappa shape index (κ2) is 8.19. The Labute approximate surface area is 166 Å². The summed E-state index contributed by atoms with van der Waals surface area (Å²) in [4.78, 5) is 29.6. The number of hydrogen-bond donors (Lipinski definition) is 1. The van der Waals surface area contributed by atoms with Crippen molar-refractivity contribution in [1.29, 1.82) is 0 Å². The largest absolute Gasteiger partial charge is 0.353 e. The molecule has 0 spiro atoms. The Hall–Kier alpha value is -1.59. The quantitative estimate of drug-likeness (QED) is 0.864. The lowest BCUT2D eigenvalue weighted by atomic mass is 9.72. The molecule has 2 heterocycles. The lowest BCUT2D eigenvalue weighted by Crippen LogP contribution is -2.57. The molecule has 3 aliphatic rings. The predicted octanol–water partition coefficient (Wildman–Crippen LogP) is 2.68. The van der Waals surface area contributed by atoms with Crippen molar-refractivity contribution in [3.63, 3.8) is 0 Å². The second-order valence-electron chi connectivity index (χ2n) is 8.16. The summed E-state index contributed by atoms with van der Waals surface area (Å²) in [6, 6.07) is 8.17. The van der Waals surface area contributed by atoms with Gasteiger partial charge in [-0.3, -0.25) is 14.5 Å². The van der Waals surface area contributed by atoms with Gasteiger partial charge in [-0.1, -0.05) is 36.6 Å². The minimum Gasteiger partial charge on any atom is -0.353 e. The van der Waals surface area contributed by atoms with E-state index in [-0.39, 0.29) is 23.8 Å². The SMILES string of the molecule is O=C1CC(C(=O)N2CCN(Cc3cccc(Cl)c3)CC2)C2CCCCC2N1. The molecule has 1 aliphatic carbocycles. The highest BCUT2D eigenvalue weighted by Gasteiger charge is 2.43. The third-order valence-corrected chi connectivity index (χ3v) is 6.62. The number of amides is 2. The molecule has 3 fully saturated rings. The van der Waals surface area contributed by atoms with Crippen LogP contribution in [0.25, 0.3) is 0 Å². The van der Waals surface area contributed by atoms with E-state index in [0.29, 0.717) is 12.3 Å². The fraction of sp³-hybridized carbons (Fsp3) is 0.619. The van der Waals surface area contributed by atoms with Gasteiger partial charge in [0.15, 0.2) is 0 Å². The molecule has 2 amide bonds. The Balaban J connectivity index is 1.34. The Bertz CT molecular complexity index is 702. The topological polar surface area (TPSA) is 52.7 Å². The number of carbonyl (C=O) groups excluding carboxylic acids is 2. The molecule has 5 nitrogen and oxygen atoms in total. The van der Waals surface area contributed by atoms with Crippen LogP contribution in [0.1, 0.15) is 37.7 Å². The number of nitrogens with zero attached hydrogens (tertiary/aromatic N) is 2. The normalized spacial score (nSPS) is 29.1. The van der Waals surface area contributed by atoms with Crippen molar-refractivity contribution in [2.45, 2.75) is 44.7 Å². The Morgan fingerprint density at radius 1 is 1.15 bits per heavy atom. The minimum absolute atomic E-state index is 0.0519. The van der Waals surface area contributed by atoms with E-state index >= 15 is 0 Å². The van der Waals surface area contributed by atoms with Gasteiger partial charge in [0, 0.05) is 50.2 Å². The van der Waals surface area contributed by atoms with Crippen LogP contribution in [0.15, 0.2) is 24.3 Å². The number of nitrogens with one attached hydrogen (secondary N) is 1. The Morgan fingerprint density at radius 3 is 2.70 bits per heavy atom. The lowest BCUT2D eigenvalue weighted by molar-refractivity contribution is -0.146. The summed E-state index contributed by atoms with van der Waals surface area (Å²) in [5.74, 6) is 0.456. The average molecular weight is 390 g/mol. The van der Waals surface area contributed by atoms with Gasteiger partial charge < -0.3 is 10.2 Å². The average Bonchev–Trinajstić information content (AvgIpc) is 2.67. The minimum atomic E-state index is -0.122. The first-order valence-corrected chi connectivity index (χ1v) is 10.5. The summed E-state index contributed by atoms with van der Waals surface area (Å²) in [5.41, 5.74) is 1.20. The van der Waals surface area contributed by atoms with Crippen LogP contribution in [0.5, 0.6) is 0 Å². The monoisotopic (exact) mass is 389 g/mol. The lowest BCUT2D eigenvalue weighted by Gasteiger charge is -2.43. The molecule has 1 saturated carbocycles. The van der Waals surface area contributed by atoms with Crippen LogP contribution in [-0.4, -0.2) is 53.8 Å². The molecule has 3 unspecified atom stereocenters. The van der Waals surface area contributed by atoms with Crippen LogP contribution in [0.3, 0.4) is 0 Å². The maximum atomic E-state index is 13.2. The van der Waals surface area contributed by atoms with E-state index in [9.17, 15) is 9.59 Å². The fourth-order valence-corrected chi connectivity index (χ4v) is 5.17. The molecule has 2 aliphatic heterocycles. The highest BCUT2D eigenvalue weighted by atomic mass is 35.5. The Kier molecular flexibility index (Phi) is 5.69. The number of piperidine rings is 1. The van der Waals surface area contributed by atoms with Gasteiger partial charge in [-0.25, -0.2) is 0 Å². The van der Waals surface area contributed by atoms with E-state index in [1.54, 1.807) is 0 Å². The first-order chi connectivity index (χ1) is 13.1. The molecule has 0 bridgehead atoms. The molecule has 27 heavy (non-hydrogen) atoms. The fourth-order valence-electron chi connectivity index (χ4n) is 4.96. The summed E-state index contributed by atoms with van der Waals surface area (Å²) in [7, 11) is 0. The van der Waals surface area contributed by atoms with E-state index in [1.807, 2.05) is 23.1 Å². The van der Waals surface area contributed by atoms with Crippen LogP contribution in [0.2, 0.25) is 5.02 Å². The van der Waals surface area contributed by atoms with Crippen LogP contribution >= 0.6 is 11.6 Å². The molecule has 6 heteroatoms. The number of hydrogen-bond acceptors (Lipinski definition) is 3. The van der Waals surface area contributed by atoms with Crippen molar-refractivity contribution < 1.29 is 9.59 Å². The van der Waals surface area contributed by atoms with Gasteiger partial charge in [-0.15, -0.1) is 0 Å². The second-order valence-corrected chi connectivity index (χ2v) is 8.60. The van der Waals surface area contributed by atoms with E-state index < -0.39 is 0 Å². The Morgan fingerprint density at radius 2 is 1.93 bits per heavy atom. The van der Waals surface area contributed by atoms with Crippen molar-refractivity contribution in [2.75, 3.05) is 26.2 Å². The van der Waals surface area contributed by atoms with Crippen LogP contribution in [-0.2, 0) is 16.1 Å². The van der Waals surface area contributed by atoms with Crippen LogP contribution < -0.4 is 5.32 Å². The third kappa shape index (κ3) is 4.30.